The third-order valence-corrected chi connectivity index (χ3v) is 6.88. The van der Waals surface area contributed by atoms with E-state index in [1.165, 1.54) is 25.3 Å². The Morgan fingerprint density at radius 2 is 1.90 bits per heavy atom. The number of hydrogen-bond acceptors (Lipinski definition) is 10. The number of methoxy groups -OCH3 is 1. The maximum atomic E-state index is 12.4. The Bertz CT molecular complexity index is 1280. The summed E-state index contributed by atoms with van der Waals surface area (Å²) in [7, 11) is -6.25. The van der Waals surface area contributed by atoms with Crippen LogP contribution in [0.15, 0.2) is 27.8 Å². The van der Waals surface area contributed by atoms with Crippen LogP contribution in [0.5, 0.6) is 11.5 Å². The lowest BCUT2D eigenvalue weighted by Crippen LogP contribution is -2.35. The van der Waals surface area contributed by atoms with Crippen molar-refractivity contribution in [1.29, 1.82) is 5.41 Å². The van der Waals surface area contributed by atoms with Crippen molar-refractivity contribution >= 4 is 70.7 Å². The van der Waals surface area contributed by atoms with Crippen molar-refractivity contribution in [1.82, 2.24) is 5.01 Å². The van der Waals surface area contributed by atoms with E-state index < -0.39 is 25.9 Å². The lowest BCUT2D eigenvalue weighted by atomic mass is 10.1. The fraction of sp³-hybridized carbons (Fsp3) is 0.200. The summed E-state index contributed by atoms with van der Waals surface area (Å²) in [4.78, 5) is 16.2. The SMILES string of the molecule is COc1cc(/C=C2\C(=N)N3N=C(S(C)(=O)=O)SC3=NC2=O)cc(Cl)c1OS(C)(=O)=O. The zero-order valence-electron chi connectivity index (χ0n) is 15.5. The molecule has 1 amide bonds. The highest BCUT2D eigenvalue weighted by molar-refractivity contribution is 8.42. The molecule has 2 aliphatic rings. The second-order valence-corrected chi connectivity index (χ2v) is 11.1. The summed E-state index contributed by atoms with van der Waals surface area (Å²) in [5, 5.41) is 12.8. The zero-order valence-corrected chi connectivity index (χ0v) is 18.7. The lowest BCUT2D eigenvalue weighted by molar-refractivity contribution is -0.114. The molecule has 160 valence electrons. The molecule has 15 heteroatoms. The standard InChI is InChI=1S/C15H13ClN4O7S3/c1-26-10-6-7(5-9(16)11(10)27-30(3,24)25)4-8-12(17)20-14(18-13(8)21)28-15(19-20)29(2,22)23/h4-6,17H,1-3H3/b8-4+,17-12?. The monoisotopic (exact) mass is 492 g/mol. The predicted octanol–water partition coefficient (Wildman–Crippen LogP) is 1.31. The van der Waals surface area contributed by atoms with Crippen LogP contribution in [0.25, 0.3) is 6.08 Å². The molecule has 1 aromatic rings. The van der Waals surface area contributed by atoms with E-state index in [4.69, 9.17) is 25.9 Å². The van der Waals surface area contributed by atoms with E-state index in [0.717, 1.165) is 17.5 Å². The molecule has 0 radical (unpaired) electrons. The maximum absolute atomic E-state index is 12.4. The third kappa shape index (κ3) is 4.50. The first-order chi connectivity index (χ1) is 13.8. The number of carbonyl (C=O) groups is 1. The molecule has 30 heavy (non-hydrogen) atoms. The number of amides is 1. The number of hydrazone groups is 1. The van der Waals surface area contributed by atoms with Crippen LogP contribution in [0.2, 0.25) is 5.02 Å². The number of ether oxygens (including phenoxy) is 1. The fourth-order valence-electron chi connectivity index (χ4n) is 2.35. The minimum absolute atomic E-state index is 0.0205. The Kier molecular flexibility index (Phi) is 5.70. The number of carbonyl (C=O) groups excluding carboxylic acids is 1. The topological polar surface area (TPSA) is 156 Å². The molecule has 0 atom stereocenters. The molecule has 0 spiro atoms. The average molecular weight is 493 g/mol. The normalized spacial score (nSPS) is 18.3. The van der Waals surface area contributed by atoms with Crippen molar-refractivity contribution in [3.8, 4) is 11.5 Å². The summed E-state index contributed by atoms with van der Waals surface area (Å²) in [6, 6.07) is 2.66. The van der Waals surface area contributed by atoms with Gasteiger partial charge >= 0.3 is 10.1 Å². The van der Waals surface area contributed by atoms with Crippen LogP contribution in [0.4, 0.5) is 0 Å². The molecule has 0 aliphatic carbocycles. The van der Waals surface area contributed by atoms with Gasteiger partial charge < -0.3 is 8.92 Å². The third-order valence-electron chi connectivity index (χ3n) is 3.55. The van der Waals surface area contributed by atoms with Gasteiger partial charge in [0.1, 0.15) is 0 Å². The zero-order chi connectivity index (χ0) is 22.4. The molecule has 3 rings (SSSR count). The smallest absolute Gasteiger partial charge is 0.306 e. The van der Waals surface area contributed by atoms with Gasteiger partial charge in [0.15, 0.2) is 11.6 Å². The number of rotatable bonds is 4. The van der Waals surface area contributed by atoms with Crippen molar-refractivity contribution in [3.63, 3.8) is 0 Å². The molecule has 0 fully saturated rings. The molecule has 2 heterocycles. The minimum atomic E-state index is -3.88. The molecule has 0 saturated heterocycles. The van der Waals surface area contributed by atoms with Crippen LogP contribution in [0.3, 0.4) is 0 Å². The van der Waals surface area contributed by atoms with Crippen LogP contribution in [0.1, 0.15) is 5.56 Å². The maximum Gasteiger partial charge on any atom is 0.306 e. The average Bonchev–Trinajstić information content (AvgIpc) is 3.04. The highest BCUT2D eigenvalue weighted by Gasteiger charge is 2.38. The second-order valence-electron chi connectivity index (χ2n) is 5.98. The number of hydrogen-bond donors (Lipinski definition) is 1. The predicted molar refractivity (Wildman–Crippen MR) is 113 cm³/mol. The van der Waals surface area contributed by atoms with Gasteiger partial charge in [0.05, 0.1) is 24.0 Å². The summed E-state index contributed by atoms with van der Waals surface area (Å²) in [6.45, 7) is 0. The highest BCUT2D eigenvalue weighted by Crippen LogP contribution is 2.38. The van der Waals surface area contributed by atoms with E-state index in [9.17, 15) is 21.6 Å². The van der Waals surface area contributed by atoms with E-state index in [-0.39, 0.29) is 43.0 Å². The van der Waals surface area contributed by atoms with E-state index in [1.807, 2.05) is 0 Å². The first kappa shape index (κ1) is 22.3. The van der Waals surface area contributed by atoms with Crippen LogP contribution < -0.4 is 8.92 Å². The van der Waals surface area contributed by atoms with Gasteiger partial charge in [0, 0.05) is 6.26 Å². The number of sulfone groups is 1. The number of aliphatic imine (C=N–C) groups is 1. The highest BCUT2D eigenvalue weighted by atomic mass is 35.5. The molecule has 0 aromatic heterocycles. The van der Waals surface area contributed by atoms with Gasteiger partial charge in [-0.25, -0.2) is 8.42 Å². The number of nitrogens with zero attached hydrogens (tertiary/aromatic N) is 3. The van der Waals surface area contributed by atoms with Gasteiger partial charge in [-0.05, 0) is 35.5 Å². The molecule has 1 aromatic carbocycles. The van der Waals surface area contributed by atoms with Gasteiger partial charge in [-0.1, -0.05) is 11.6 Å². The van der Waals surface area contributed by atoms with Crippen molar-refractivity contribution in [2.75, 3.05) is 19.6 Å². The molecule has 1 N–H and O–H groups in total. The molecule has 0 saturated carbocycles. The van der Waals surface area contributed by atoms with Crippen LogP contribution in [0, 0.1) is 5.41 Å². The van der Waals surface area contributed by atoms with Crippen molar-refractivity contribution < 1.29 is 30.6 Å². The first-order valence-electron chi connectivity index (χ1n) is 7.77. The Balaban J connectivity index is 2.04. The van der Waals surface area contributed by atoms with E-state index in [1.54, 1.807) is 0 Å². The van der Waals surface area contributed by atoms with Gasteiger partial charge in [-0.3, -0.25) is 10.2 Å². The van der Waals surface area contributed by atoms with Crippen LogP contribution >= 0.6 is 23.4 Å². The van der Waals surface area contributed by atoms with Crippen molar-refractivity contribution in [2.24, 2.45) is 10.1 Å². The van der Waals surface area contributed by atoms with Gasteiger partial charge in [0.25, 0.3) is 5.91 Å². The number of thioether (sulfide) groups is 1. The summed E-state index contributed by atoms with van der Waals surface area (Å²) in [5.41, 5.74) is 0.0939. The number of amidine groups is 2. The van der Waals surface area contributed by atoms with Crippen LogP contribution in [-0.4, -0.2) is 62.8 Å². The number of benzene rings is 1. The van der Waals surface area contributed by atoms with Crippen molar-refractivity contribution in [2.45, 2.75) is 0 Å². The Hall–Kier alpha value is -2.42. The molecular weight excluding hydrogens is 480 g/mol. The molecule has 2 aliphatic heterocycles. The minimum Gasteiger partial charge on any atom is -0.493 e. The van der Waals surface area contributed by atoms with Gasteiger partial charge in [-0.15, -0.1) is 5.10 Å². The summed E-state index contributed by atoms with van der Waals surface area (Å²) in [5.74, 6) is -1.42. The quantitative estimate of drug-likeness (QED) is 0.483. The molecular formula is C15H13ClN4O7S3. The van der Waals surface area contributed by atoms with Gasteiger partial charge in [-0.2, -0.15) is 18.4 Å². The van der Waals surface area contributed by atoms with Gasteiger partial charge in [0.2, 0.25) is 25.1 Å². The largest absolute Gasteiger partial charge is 0.493 e. The summed E-state index contributed by atoms with van der Waals surface area (Å²) >= 11 is 6.77. The second kappa shape index (κ2) is 7.68. The number of fused-ring (bicyclic) bond motifs is 1. The Morgan fingerprint density at radius 1 is 1.23 bits per heavy atom. The molecule has 11 nitrogen and oxygen atoms in total. The lowest BCUT2D eigenvalue weighted by Gasteiger charge is -2.20. The van der Waals surface area contributed by atoms with Crippen molar-refractivity contribution in [3.05, 3.63) is 28.3 Å². The summed E-state index contributed by atoms with van der Waals surface area (Å²) < 4.78 is 55.8. The Morgan fingerprint density at radius 3 is 2.47 bits per heavy atom. The first-order valence-corrected chi connectivity index (χ1v) is 12.7. The molecule has 0 unspecified atom stereocenters. The number of nitrogens with one attached hydrogen (secondary N) is 1. The summed E-state index contributed by atoms with van der Waals surface area (Å²) in [6.07, 6.45) is 3.06. The fourth-order valence-corrected chi connectivity index (χ4v) is 4.81. The van der Waals surface area contributed by atoms with Crippen LogP contribution in [-0.2, 0) is 24.7 Å². The van der Waals surface area contributed by atoms with E-state index in [2.05, 4.69) is 10.1 Å². The Labute approximate surface area is 180 Å². The van der Waals surface area contributed by atoms with E-state index >= 15 is 0 Å². The van der Waals surface area contributed by atoms with E-state index in [0.29, 0.717) is 11.8 Å². The number of halogens is 1. The molecule has 0 bridgehead atoms.